The molecule has 0 unspecified atom stereocenters. The first-order chi connectivity index (χ1) is 11.3. The first kappa shape index (κ1) is 15.0. The summed E-state index contributed by atoms with van der Waals surface area (Å²) in [7, 11) is 0. The summed E-state index contributed by atoms with van der Waals surface area (Å²) >= 11 is 0. The van der Waals surface area contributed by atoms with Crippen LogP contribution >= 0.6 is 0 Å². The van der Waals surface area contributed by atoms with Crippen LogP contribution in [0.3, 0.4) is 0 Å². The number of benzene rings is 2. The third-order valence-corrected chi connectivity index (χ3v) is 3.55. The van der Waals surface area contributed by atoms with Crippen LogP contribution in [0.15, 0.2) is 67.3 Å². The summed E-state index contributed by atoms with van der Waals surface area (Å²) in [6, 6.07) is 14.7. The maximum absolute atomic E-state index is 12.4. The number of anilines is 1. The summed E-state index contributed by atoms with van der Waals surface area (Å²) in [5, 5.41) is 12.2. The van der Waals surface area contributed by atoms with Gasteiger partial charge in [-0.3, -0.25) is 4.79 Å². The van der Waals surface area contributed by atoms with E-state index in [4.69, 9.17) is 0 Å². The standard InChI is InChI=1S/C18H17N3O2/c22-12-16-5-1-2-7-17(16)20-18(23)15-6-3-4-14(10-15)11-21-9-8-19-13-21/h1-10,13,22H,11-12H2,(H,20,23). The van der Waals surface area contributed by atoms with Crippen molar-refractivity contribution in [3.05, 3.63) is 83.9 Å². The number of carbonyl (C=O) groups is 1. The normalized spacial score (nSPS) is 10.5. The van der Waals surface area contributed by atoms with Crippen molar-refractivity contribution in [2.45, 2.75) is 13.2 Å². The third-order valence-electron chi connectivity index (χ3n) is 3.55. The second kappa shape index (κ2) is 6.89. The topological polar surface area (TPSA) is 67.2 Å². The van der Waals surface area contributed by atoms with Crippen molar-refractivity contribution in [3.8, 4) is 0 Å². The minimum atomic E-state index is -0.196. The van der Waals surface area contributed by atoms with Crippen molar-refractivity contribution in [2.24, 2.45) is 0 Å². The van der Waals surface area contributed by atoms with E-state index in [0.29, 0.717) is 23.4 Å². The Morgan fingerprint density at radius 3 is 2.83 bits per heavy atom. The number of hydrogen-bond donors (Lipinski definition) is 2. The molecule has 1 heterocycles. The lowest BCUT2D eigenvalue weighted by molar-refractivity contribution is 0.102. The molecule has 0 spiro atoms. The molecule has 3 rings (SSSR count). The fourth-order valence-corrected chi connectivity index (χ4v) is 2.38. The van der Waals surface area contributed by atoms with E-state index >= 15 is 0 Å². The zero-order chi connectivity index (χ0) is 16.1. The van der Waals surface area contributed by atoms with Gasteiger partial charge in [0.25, 0.3) is 5.91 Å². The van der Waals surface area contributed by atoms with Crippen LogP contribution in [0.2, 0.25) is 0 Å². The lowest BCUT2D eigenvalue weighted by Crippen LogP contribution is -2.13. The maximum atomic E-state index is 12.4. The average Bonchev–Trinajstić information content (AvgIpc) is 3.08. The van der Waals surface area contributed by atoms with Gasteiger partial charge in [0.05, 0.1) is 12.9 Å². The zero-order valence-electron chi connectivity index (χ0n) is 12.5. The molecular weight excluding hydrogens is 290 g/mol. The summed E-state index contributed by atoms with van der Waals surface area (Å²) in [4.78, 5) is 16.4. The molecule has 2 N–H and O–H groups in total. The van der Waals surface area contributed by atoms with E-state index in [1.165, 1.54) is 0 Å². The number of imidazole rings is 1. The Bertz CT molecular complexity index is 798. The van der Waals surface area contributed by atoms with Gasteiger partial charge in [0.15, 0.2) is 0 Å². The van der Waals surface area contributed by atoms with Crippen LogP contribution in [-0.2, 0) is 13.2 Å². The van der Waals surface area contributed by atoms with Gasteiger partial charge in [-0.25, -0.2) is 4.98 Å². The van der Waals surface area contributed by atoms with E-state index < -0.39 is 0 Å². The number of aliphatic hydroxyl groups is 1. The highest BCUT2D eigenvalue weighted by atomic mass is 16.3. The van der Waals surface area contributed by atoms with E-state index in [9.17, 15) is 9.90 Å². The van der Waals surface area contributed by atoms with Crippen molar-refractivity contribution >= 4 is 11.6 Å². The predicted molar refractivity (Wildman–Crippen MR) is 88.1 cm³/mol. The SMILES string of the molecule is O=C(Nc1ccccc1CO)c1cccc(Cn2ccnc2)c1. The quantitative estimate of drug-likeness (QED) is 0.761. The summed E-state index contributed by atoms with van der Waals surface area (Å²) in [5.74, 6) is -0.196. The number of carbonyl (C=O) groups excluding carboxylic acids is 1. The molecule has 0 bridgehead atoms. The fourth-order valence-electron chi connectivity index (χ4n) is 2.38. The van der Waals surface area contributed by atoms with Gasteiger partial charge in [-0.1, -0.05) is 30.3 Å². The second-order valence-corrected chi connectivity index (χ2v) is 5.20. The van der Waals surface area contributed by atoms with Crippen molar-refractivity contribution in [1.29, 1.82) is 0 Å². The molecule has 2 aromatic carbocycles. The summed E-state index contributed by atoms with van der Waals surface area (Å²) in [6.07, 6.45) is 5.34. The van der Waals surface area contributed by atoms with Crippen LogP contribution in [0.5, 0.6) is 0 Å². The largest absolute Gasteiger partial charge is 0.392 e. The van der Waals surface area contributed by atoms with Gasteiger partial charge in [0, 0.05) is 35.8 Å². The Balaban J connectivity index is 1.77. The molecule has 0 aliphatic heterocycles. The third kappa shape index (κ3) is 3.64. The molecule has 0 aliphatic rings. The van der Waals surface area contributed by atoms with Gasteiger partial charge < -0.3 is 15.0 Å². The number of nitrogens with zero attached hydrogens (tertiary/aromatic N) is 2. The highest BCUT2D eigenvalue weighted by Crippen LogP contribution is 2.16. The van der Waals surface area contributed by atoms with Gasteiger partial charge in [-0.2, -0.15) is 0 Å². The van der Waals surface area contributed by atoms with Crippen LogP contribution < -0.4 is 5.32 Å². The fraction of sp³-hybridized carbons (Fsp3) is 0.111. The van der Waals surface area contributed by atoms with Gasteiger partial charge in [0.2, 0.25) is 0 Å². The van der Waals surface area contributed by atoms with E-state index in [0.717, 1.165) is 5.56 Å². The Labute approximate surface area is 134 Å². The van der Waals surface area contributed by atoms with Crippen molar-refractivity contribution in [1.82, 2.24) is 9.55 Å². The van der Waals surface area contributed by atoms with Gasteiger partial charge in [-0.15, -0.1) is 0 Å². The molecule has 3 aromatic rings. The molecule has 5 heteroatoms. The lowest BCUT2D eigenvalue weighted by Gasteiger charge is -2.10. The van der Waals surface area contributed by atoms with Crippen LogP contribution in [0, 0.1) is 0 Å². The lowest BCUT2D eigenvalue weighted by atomic mass is 10.1. The zero-order valence-corrected chi connectivity index (χ0v) is 12.5. The number of amides is 1. The van der Waals surface area contributed by atoms with E-state index in [1.54, 1.807) is 30.7 Å². The van der Waals surface area contributed by atoms with Crippen LogP contribution in [0.1, 0.15) is 21.5 Å². The monoisotopic (exact) mass is 307 g/mol. The van der Waals surface area contributed by atoms with Crippen LogP contribution in [-0.4, -0.2) is 20.6 Å². The number of nitrogens with one attached hydrogen (secondary N) is 1. The molecule has 0 fully saturated rings. The molecule has 0 saturated heterocycles. The number of aromatic nitrogens is 2. The second-order valence-electron chi connectivity index (χ2n) is 5.20. The molecule has 1 aromatic heterocycles. The molecule has 0 radical (unpaired) electrons. The number of aliphatic hydroxyl groups excluding tert-OH is 1. The van der Waals surface area contributed by atoms with E-state index in [2.05, 4.69) is 10.3 Å². The summed E-state index contributed by atoms with van der Waals surface area (Å²) < 4.78 is 1.94. The molecule has 0 saturated carbocycles. The smallest absolute Gasteiger partial charge is 0.255 e. The van der Waals surface area contributed by atoms with Gasteiger partial charge in [-0.05, 0) is 23.8 Å². The Hall–Kier alpha value is -2.92. The van der Waals surface area contributed by atoms with Gasteiger partial charge in [0.1, 0.15) is 0 Å². The Morgan fingerprint density at radius 1 is 1.17 bits per heavy atom. The number of rotatable bonds is 5. The van der Waals surface area contributed by atoms with Crippen molar-refractivity contribution in [2.75, 3.05) is 5.32 Å². The average molecular weight is 307 g/mol. The molecule has 0 atom stereocenters. The summed E-state index contributed by atoms with van der Waals surface area (Å²) in [5.41, 5.74) is 2.91. The van der Waals surface area contributed by atoms with E-state index in [1.807, 2.05) is 41.1 Å². The molecule has 0 aliphatic carbocycles. The molecule has 23 heavy (non-hydrogen) atoms. The van der Waals surface area contributed by atoms with Gasteiger partial charge >= 0.3 is 0 Å². The predicted octanol–water partition coefficient (Wildman–Crippen LogP) is 2.68. The van der Waals surface area contributed by atoms with Crippen LogP contribution in [0.4, 0.5) is 5.69 Å². The molecule has 5 nitrogen and oxygen atoms in total. The maximum Gasteiger partial charge on any atom is 0.255 e. The number of para-hydroxylation sites is 1. The molecule has 116 valence electrons. The first-order valence-corrected chi connectivity index (χ1v) is 7.31. The summed E-state index contributed by atoms with van der Waals surface area (Å²) in [6.45, 7) is 0.547. The highest BCUT2D eigenvalue weighted by molar-refractivity contribution is 6.04. The van der Waals surface area contributed by atoms with Crippen molar-refractivity contribution < 1.29 is 9.90 Å². The van der Waals surface area contributed by atoms with Crippen molar-refractivity contribution in [3.63, 3.8) is 0 Å². The highest BCUT2D eigenvalue weighted by Gasteiger charge is 2.09. The van der Waals surface area contributed by atoms with Crippen LogP contribution in [0.25, 0.3) is 0 Å². The minimum absolute atomic E-state index is 0.114. The molecule has 1 amide bonds. The molecular formula is C18H17N3O2. The Morgan fingerprint density at radius 2 is 2.04 bits per heavy atom. The minimum Gasteiger partial charge on any atom is -0.392 e. The number of hydrogen-bond acceptors (Lipinski definition) is 3. The Kier molecular flexibility index (Phi) is 4.49. The van der Waals surface area contributed by atoms with E-state index in [-0.39, 0.29) is 12.5 Å². The first-order valence-electron chi connectivity index (χ1n) is 7.31.